The first-order chi connectivity index (χ1) is 9.49. The van der Waals surface area contributed by atoms with Gasteiger partial charge in [-0.05, 0) is 12.2 Å². The number of nitrogens with one attached hydrogen (secondary N) is 2. The molecule has 0 aliphatic rings. The van der Waals surface area contributed by atoms with Crippen LogP contribution >= 0.6 is 12.2 Å². The number of H-pyrrole nitrogens is 2. The highest BCUT2D eigenvalue weighted by Crippen LogP contribution is 2.12. The van der Waals surface area contributed by atoms with Crippen LogP contribution in [0.5, 0.6) is 0 Å². The molecule has 2 aromatic heterocycles. The van der Waals surface area contributed by atoms with E-state index < -0.39 is 23.5 Å². The molecule has 8 nitrogen and oxygen atoms in total. The summed E-state index contributed by atoms with van der Waals surface area (Å²) >= 11 is 4.75. The Morgan fingerprint density at radius 2 is 1.55 bits per heavy atom. The summed E-state index contributed by atoms with van der Waals surface area (Å²) in [7, 11) is 0. The minimum absolute atomic E-state index is 0.0507. The molecule has 4 N–H and O–H groups in total. The van der Waals surface area contributed by atoms with Crippen LogP contribution in [0.2, 0.25) is 0 Å². The lowest BCUT2D eigenvalue weighted by atomic mass is 10.3. The fourth-order valence-electron chi connectivity index (χ4n) is 1.17. The van der Waals surface area contributed by atoms with Gasteiger partial charge in [-0.3, -0.25) is 0 Å². The zero-order chi connectivity index (χ0) is 15.9. The zero-order valence-electron chi connectivity index (χ0n) is 11.5. The zero-order valence-corrected chi connectivity index (χ0v) is 12.3. The molecule has 0 atom stereocenters. The first-order valence-corrected chi connectivity index (χ1v) is 6.36. The average Bonchev–Trinajstić information content (AvgIpc) is 2.81. The Morgan fingerprint density at radius 1 is 1.00 bits per heavy atom. The summed E-state index contributed by atoms with van der Waals surface area (Å²) in [6, 6.07) is 0. The number of carbonyl (C=O) groups is 2. The summed E-state index contributed by atoms with van der Waals surface area (Å²) in [6.45, 7) is 8.00. The molecule has 2 heterocycles. The van der Waals surface area contributed by atoms with E-state index >= 15 is 0 Å². The molecule has 110 valence electrons. The van der Waals surface area contributed by atoms with E-state index in [1.165, 1.54) is 0 Å². The number of rotatable bonds is 2. The SMILES string of the molecule is CC.CC.O=C(O)c1nc(C(=O)O)c2[nH]c(=S)[nH]c2n1. The third-order valence-electron chi connectivity index (χ3n) is 1.77. The maximum Gasteiger partial charge on any atom is 0.374 e. The van der Waals surface area contributed by atoms with E-state index in [1.807, 2.05) is 27.7 Å². The van der Waals surface area contributed by atoms with Crippen molar-refractivity contribution in [2.24, 2.45) is 0 Å². The van der Waals surface area contributed by atoms with E-state index in [4.69, 9.17) is 22.4 Å². The van der Waals surface area contributed by atoms with E-state index in [0.29, 0.717) is 0 Å². The molecule has 20 heavy (non-hydrogen) atoms. The van der Waals surface area contributed by atoms with Gasteiger partial charge in [-0.15, -0.1) is 0 Å². The van der Waals surface area contributed by atoms with Crippen molar-refractivity contribution in [1.82, 2.24) is 19.9 Å². The number of imidazole rings is 1. The second-order valence-corrected chi connectivity index (χ2v) is 3.22. The highest BCUT2D eigenvalue weighted by atomic mass is 32.1. The van der Waals surface area contributed by atoms with Gasteiger partial charge in [-0.2, -0.15) is 0 Å². The molecule has 0 aliphatic carbocycles. The van der Waals surface area contributed by atoms with Gasteiger partial charge in [0.15, 0.2) is 16.1 Å². The van der Waals surface area contributed by atoms with Crippen molar-refractivity contribution in [2.45, 2.75) is 27.7 Å². The average molecular weight is 300 g/mol. The van der Waals surface area contributed by atoms with Crippen molar-refractivity contribution in [2.75, 3.05) is 0 Å². The molecule has 0 bridgehead atoms. The van der Waals surface area contributed by atoms with Gasteiger partial charge in [0.25, 0.3) is 0 Å². The topological polar surface area (TPSA) is 132 Å². The van der Waals surface area contributed by atoms with Gasteiger partial charge in [-0.1, -0.05) is 27.7 Å². The molecule has 0 aliphatic heterocycles. The van der Waals surface area contributed by atoms with Gasteiger partial charge in [0.1, 0.15) is 5.52 Å². The van der Waals surface area contributed by atoms with Crippen molar-refractivity contribution >= 4 is 35.3 Å². The van der Waals surface area contributed by atoms with E-state index in [1.54, 1.807) is 0 Å². The Bertz CT molecular complexity index is 662. The quantitative estimate of drug-likeness (QED) is 0.626. The van der Waals surface area contributed by atoms with Crippen molar-refractivity contribution in [3.63, 3.8) is 0 Å². The molecular weight excluding hydrogens is 284 g/mol. The van der Waals surface area contributed by atoms with E-state index in [0.717, 1.165) is 0 Å². The third kappa shape index (κ3) is 3.85. The van der Waals surface area contributed by atoms with Gasteiger partial charge in [0.2, 0.25) is 5.82 Å². The summed E-state index contributed by atoms with van der Waals surface area (Å²) < 4.78 is 0.148. The molecule has 0 amide bonds. The van der Waals surface area contributed by atoms with Crippen LogP contribution in [-0.2, 0) is 0 Å². The Morgan fingerprint density at radius 3 is 2.00 bits per heavy atom. The molecule has 0 saturated heterocycles. The summed E-state index contributed by atoms with van der Waals surface area (Å²) in [5, 5.41) is 17.5. The smallest absolute Gasteiger partial charge is 0.374 e. The fourth-order valence-corrected chi connectivity index (χ4v) is 1.37. The summed E-state index contributed by atoms with van der Waals surface area (Å²) in [4.78, 5) is 33.6. The van der Waals surface area contributed by atoms with Crippen LogP contribution in [0.4, 0.5) is 0 Å². The second-order valence-electron chi connectivity index (χ2n) is 2.81. The predicted octanol–water partition coefficient (Wildman–Crippen LogP) is 2.46. The van der Waals surface area contributed by atoms with Crippen LogP contribution in [-0.4, -0.2) is 42.1 Å². The van der Waals surface area contributed by atoms with Crippen molar-refractivity contribution in [3.8, 4) is 0 Å². The molecule has 0 aromatic carbocycles. The standard InChI is InChI=1S/C7H4N4O4S.2C2H6/c12-5(13)2-1-3(11-7(16)9-1)10-4(8-2)6(14)15;2*1-2/h(H,12,13)(H,14,15)(H2,8,9,10,11,16);2*1-2H3. The molecule has 0 spiro atoms. The molecule has 2 aromatic rings. The maximum absolute atomic E-state index is 10.8. The number of aromatic nitrogens is 4. The minimum atomic E-state index is -1.41. The predicted molar refractivity (Wildman–Crippen MR) is 75.7 cm³/mol. The highest BCUT2D eigenvalue weighted by Gasteiger charge is 2.18. The van der Waals surface area contributed by atoms with Crippen molar-refractivity contribution in [3.05, 3.63) is 16.3 Å². The van der Waals surface area contributed by atoms with Crippen LogP contribution < -0.4 is 0 Å². The number of hydrogen-bond donors (Lipinski definition) is 4. The van der Waals surface area contributed by atoms with Crippen LogP contribution in [0.3, 0.4) is 0 Å². The molecule has 9 heteroatoms. The maximum atomic E-state index is 10.8. The number of hydrogen-bond acceptors (Lipinski definition) is 5. The Hall–Kier alpha value is -2.29. The van der Waals surface area contributed by atoms with Crippen LogP contribution in [0.15, 0.2) is 0 Å². The number of nitrogens with zero attached hydrogens (tertiary/aromatic N) is 2. The normalized spacial score (nSPS) is 9.00. The number of carboxylic acid groups (broad SMARTS) is 2. The number of fused-ring (bicyclic) bond motifs is 1. The number of carboxylic acids is 2. The summed E-state index contributed by atoms with van der Waals surface area (Å²) in [6.07, 6.45) is 0. The lowest BCUT2D eigenvalue weighted by molar-refractivity contribution is 0.0681. The third-order valence-corrected chi connectivity index (χ3v) is 1.98. The van der Waals surface area contributed by atoms with Crippen LogP contribution in [0.25, 0.3) is 11.2 Å². The Kier molecular flexibility index (Phi) is 7.08. The van der Waals surface area contributed by atoms with E-state index in [9.17, 15) is 9.59 Å². The molecule has 0 unspecified atom stereocenters. The van der Waals surface area contributed by atoms with Crippen LogP contribution in [0, 0.1) is 4.77 Å². The van der Waals surface area contributed by atoms with Crippen molar-refractivity contribution in [1.29, 1.82) is 0 Å². The fraction of sp³-hybridized carbons (Fsp3) is 0.364. The summed E-state index contributed by atoms with van der Waals surface area (Å²) in [5.74, 6) is -3.37. The number of aromatic carboxylic acids is 2. The Labute approximate surface area is 119 Å². The molecular formula is C11H16N4O4S. The van der Waals surface area contributed by atoms with E-state index in [-0.39, 0.29) is 15.9 Å². The lowest BCUT2D eigenvalue weighted by Gasteiger charge is -1.97. The van der Waals surface area contributed by atoms with Gasteiger partial charge in [0.05, 0.1) is 0 Å². The first kappa shape index (κ1) is 17.7. The minimum Gasteiger partial charge on any atom is -0.476 e. The van der Waals surface area contributed by atoms with Crippen LogP contribution in [0.1, 0.15) is 48.8 Å². The number of aromatic amines is 2. The van der Waals surface area contributed by atoms with Gasteiger partial charge >= 0.3 is 11.9 Å². The Balaban J connectivity index is 0.000000829. The molecule has 0 fully saturated rings. The summed E-state index contributed by atoms with van der Waals surface area (Å²) in [5.41, 5.74) is -0.313. The van der Waals surface area contributed by atoms with E-state index in [2.05, 4.69) is 19.9 Å². The largest absolute Gasteiger partial charge is 0.476 e. The molecule has 0 saturated carbocycles. The highest BCUT2D eigenvalue weighted by molar-refractivity contribution is 7.71. The second kappa shape index (κ2) is 8.00. The lowest BCUT2D eigenvalue weighted by Crippen LogP contribution is -2.10. The van der Waals surface area contributed by atoms with Crippen molar-refractivity contribution < 1.29 is 19.8 Å². The molecule has 2 rings (SSSR count). The van der Waals surface area contributed by atoms with Gasteiger partial charge < -0.3 is 20.2 Å². The first-order valence-electron chi connectivity index (χ1n) is 5.95. The van der Waals surface area contributed by atoms with Gasteiger partial charge in [0, 0.05) is 0 Å². The monoisotopic (exact) mass is 300 g/mol. The van der Waals surface area contributed by atoms with Gasteiger partial charge in [-0.25, -0.2) is 19.6 Å². The molecule has 0 radical (unpaired) electrons.